The zero-order valence-corrected chi connectivity index (χ0v) is 9.54. The molecule has 0 saturated carbocycles. The van der Waals surface area contributed by atoms with E-state index in [1.165, 1.54) is 0 Å². The molecule has 0 fully saturated rings. The molecule has 0 aliphatic heterocycles. The van der Waals surface area contributed by atoms with Gasteiger partial charge in [0.1, 0.15) is 0 Å². The van der Waals surface area contributed by atoms with E-state index < -0.39 is 0 Å². The minimum atomic E-state index is -0.155. The Morgan fingerprint density at radius 1 is 1.00 bits per heavy atom. The van der Waals surface area contributed by atoms with Crippen LogP contribution in [0.5, 0.6) is 0 Å². The molecule has 1 heterocycles. The summed E-state index contributed by atoms with van der Waals surface area (Å²) < 4.78 is 0. The van der Waals surface area contributed by atoms with Gasteiger partial charge in [-0.05, 0) is 21.3 Å². The molecule has 0 radical (unpaired) electrons. The number of anilines is 1. The maximum atomic E-state index is 8.47. The van der Waals surface area contributed by atoms with Crippen molar-refractivity contribution in [2.24, 2.45) is 10.2 Å². The fourth-order valence-corrected chi connectivity index (χ4v) is 1.47. The average molecular weight is 253 g/mol. The normalized spacial score (nSPS) is 9.26. The smallest absolute Gasteiger partial charge is 0.217 e. The summed E-state index contributed by atoms with van der Waals surface area (Å²) >= 11 is 0. The van der Waals surface area contributed by atoms with Gasteiger partial charge in [0.2, 0.25) is 5.95 Å². The van der Waals surface area contributed by atoms with Gasteiger partial charge in [-0.3, -0.25) is 0 Å². The molecular formula is C10H7N9. The van der Waals surface area contributed by atoms with E-state index in [0.717, 1.165) is 0 Å². The molecule has 92 valence electrons. The van der Waals surface area contributed by atoms with Gasteiger partial charge >= 0.3 is 0 Å². The van der Waals surface area contributed by atoms with Crippen molar-refractivity contribution in [1.82, 2.24) is 9.97 Å². The van der Waals surface area contributed by atoms with Crippen molar-refractivity contribution in [3.8, 4) is 11.3 Å². The van der Waals surface area contributed by atoms with Crippen molar-refractivity contribution in [1.29, 1.82) is 0 Å². The third-order valence-electron chi connectivity index (χ3n) is 2.23. The van der Waals surface area contributed by atoms with E-state index in [-0.39, 0.29) is 17.5 Å². The van der Waals surface area contributed by atoms with Gasteiger partial charge in [0.25, 0.3) is 0 Å². The second kappa shape index (κ2) is 5.37. The molecule has 0 aliphatic carbocycles. The molecule has 0 bridgehead atoms. The van der Waals surface area contributed by atoms with Crippen molar-refractivity contribution in [2.45, 2.75) is 0 Å². The molecule has 0 saturated heterocycles. The Bertz CT molecular complexity index is 696. The van der Waals surface area contributed by atoms with Crippen LogP contribution in [-0.2, 0) is 0 Å². The van der Waals surface area contributed by atoms with Gasteiger partial charge in [0.15, 0.2) is 5.82 Å². The number of nitrogens with zero attached hydrogens (tertiary/aromatic N) is 8. The topological polar surface area (TPSA) is 149 Å². The molecule has 0 amide bonds. The van der Waals surface area contributed by atoms with E-state index in [4.69, 9.17) is 16.8 Å². The zero-order chi connectivity index (χ0) is 13.7. The van der Waals surface area contributed by atoms with Crippen molar-refractivity contribution in [3.05, 3.63) is 51.2 Å². The molecule has 1 aromatic carbocycles. The first-order valence-corrected chi connectivity index (χ1v) is 5.09. The Labute approximate surface area is 107 Å². The second-order valence-corrected chi connectivity index (χ2v) is 3.35. The van der Waals surface area contributed by atoms with Crippen molar-refractivity contribution in [3.63, 3.8) is 0 Å². The summed E-state index contributed by atoms with van der Waals surface area (Å²) in [4.78, 5) is 13.0. The van der Waals surface area contributed by atoms with Gasteiger partial charge in [-0.25, -0.2) is 9.97 Å². The molecule has 2 N–H and O–H groups in total. The largest absolute Gasteiger partial charge is 0.395 e. The monoisotopic (exact) mass is 253 g/mol. The van der Waals surface area contributed by atoms with Crippen LogP contribution in [0.4, 0.5) is 17.5 Å². The van der Waals surface area contributed by atoms with Gasteiger partial charge in [-0.2, -0.15) is 0 Å². The highest BCUT2D eigenvalue weighted by atomic mass is 15.3. The van der Waals surface area contributed by atoms with E-state index in [1.54, 1.807) is 24.3 Å². The van der Waals surface area contributed by atoms with E-state index in [0.29, 0.717) is 11.3 Å². The number of nitrogen functional groups attached to an aromatic ring is 1. The number of rotatable bonds is 3. The summed E-state index contributed by atoms with van der Waals surface area (Å²) in [5.74, 6) is -0.225. The maximum Gasteiger partial charge on any atom is 0.217 e. The Kier molecular flexibility index (Phi) is 3.44. The van der Waals surface area contributed by atoms with E-state index in [1.807, 2.05) is 6.07 Å². The first-order chi connectivity index (χ1) is 9.26. The molecule has 1 aromatic heterocycles. The minimum absolute atomic E-state index is 0.0706. The van der Waals surface area contributed by atoms with Gasteiger partial charge in [-0.1, -0.05) is 30.3 Å². The van der Waals surface area contributed by atoms with Crippen LogP contribution in [0.2, 0.25) is 0 Å². The highest BCUT2D eigenvalue weighted by Gasteiger charge is 2.11. The third-order valence-corrected chi connectivity index (χ3v) is 2.23. The SMILES string of the molecule is [N-]=[N+]=Nc1nc(N=[N+]=[N-])c(N)c(-c2ccccc2)n1. The maximum absolute atomic E-state index is 8.47. The predicted molar refractivity (Wildman–Crippen MR) is 69.5 cm³/mol. The van der Waals surface area contributed by atoms with E-state index in [9.17, 15) is 0 Å². The fraction of sp³-hybridized carbons (Fsp3) is 0. The number of hydrogen-bond donors (Lipinski definition) is 1. The van der Waals surface area contributed by atoms with Crippen LogP contribution in [0.25, 0.3) is 32.1 Å². The highest BCUT2D eigenvalue weighted by molar-refractivity contribution is 5.79. The Hall–Kier alpha value is -3.28. The molecule has 0 atom stereocenters. The van der Waals surface area contributed by atoms with Crippen LogP contribution in [0.3, 0.4) is 0 Å². The van der Waals surface area contributed by atoms with E-state index in [2.05, 4.69) is 30.0 Å². The van der Waals surface area contributed by atoms with E-state index >= 15 is 0 Å². The lowest BCUT2D eigenvalue weighted by Crippen LogP contribution is -1.96. The Morgan fingerprint density at radius 2 is 1.68 bits per heavy atom. The lowest BCUT2D eigenvalue weighted by atomic mass is 10.1. The summed E-state index contributed by atoms with van der Waals surface area (Å²) in [5, 5.41) is 6.65. The molecule has 19 heavy (non-hydrogen) atoms. The Balaban J connectivity index is 2.72. The number of aromatic nitrogens is 2. The lowest BCUT2D eigenvalue weighted by molar-refractivity contribution is 1.12. The van der Waals surface area contributed by atoms with Gasteiger partial charge in [-0.15, -0.1) is 0 Å². The standard InChI is InChI=1S/C10H7N9/c11-7-8(6-4-2-1-3-5-6)14-10(17-19-13)15-9(7)16-18-12/h1-5H,11H2. The summed E-state index contributed by atoms with van der Waals surface area (Å²) in [6, 6.07) is 9.00. The molecule has 0 spiro atoms. The highest BCUT2D eigenvalue weighted by Crippen LogP contribution is 2.32. The minimum Gasteiger partial charge on any atom is -0.395 e. The van der Waals surface area contributed by atoms with Crippen LogP contribution in [-0.4, -0.2) is 9.97 Å². The molecule has 0 unspecified atom stereocenters. The first kappa shape index (κ1) is 12.2. The molecule has 9 heteroatoms. The first-order valence-electron chi connectivity index (χ1n) is 5.09. The third kappa shape index (κ3) is 2.52. The number of benzene rings is 1. The number of nitrogens with two attached hydrogens (primary N) is 1. The molecular weight excluding hydrogens is 246 g/mol. The second-order valence-electron chi connectivity index (χ2n) is 3.35. The molecule has 0 aliphatic rings. The van der Waals surface area contributed by atoms with Crippen LogP contribution >= 0.6 is 0 Å². The lowest BCUT2D eigenvalue weighted by Gasteiger charge is -2.07. The van der Waals surface area contributed by atoms with Gasteiger partial charge < -0.3 is 5.73 Å². The molecule has 2 rings (SSSR count). The van der Waals surface area contributed by atoms with Crippen LogP contribution in [0.15, 0.2) is 40.6 Å². The summed E-state index contributed by atoms with van der Waals surface area (Å²) in [5.41, 5.74) is 23.9. The Morgan fingerprint density at radius 3 is 2.32 bits per heavy atom. The van der Waals surface area contributed by atoms with Crippen molar-refractivity contribution >= 4 is 17.5 Å². The van der Waals surface area contributed by atoms with Crippen molar-refractivity contribution in [2.75, 3.05) is 5.73 Å². The number of hydrogen-bond acceptors (Lipinski definition) is 5. The van der Waals surface area contributed by atoms with Crippen LogP contribution in [0, 0.1) is 0 Å². The molecule has 9 nitrogen and oxygen atoms in total. The zero-order valence-electron chi connectivity index (χ0n) is 9.54. The van der Waals surface area contributed by atoms with Crippen LogP contribution in [0.1, 0.15) is 0 Å². The van der Waals surface area contributed by atoms with Gasteiger partial charge in [0, 0.05) is 15.4 Å². The summed E-state index contributed by atoms with van der Waals surface area (Å²) in [6.07, 6.45) is 0. The summed E-state index contributed by atoms with van der Waals surface area (Å²) in [7, 11) is 0. The predicted octanol–water partition coefficient (Wildman–Crippen LogP) is 3.61. The van der Waals surface area contributed by atoms with Gasteiger partial charge in [0.05, 0.1) is 11.4 Å². The summed E-state index contributed by atoms with van der Waals surface area (Å²) in [6.45, 7) is 0. The molecule has 2 aromatic rings. The van der Waals surface area contributed by atoms with Crippen LogP contribution < -0.4 is 5.73 Å². The average Bonchev–Trinajstić information content (AvgIpc) is 2.44. The fourth-order valence-electron chi connectivity index (χ4n) is 1.47. The van der Waals surface area contributed by atoms with Crippen molar-refractivity contribution < 1.29 is 0 Å². The quantitative estimate of drug-likeness (QED) is 0.505. The number of azide groups is 2.